The molecule has 3 fully saturated rings. The Morgan fingerprint density at radius 2 is 1.80 bits per heavy atom. The van der Waals surface area contributed by atoms with E-state index < -0.39 is 0 Å². The summed E-state index contributed by atoms with van der Waals surface area (Å²) < 4.78 is 0. The normalized spacial score (nSPS) is 33.8. The molecule has 0 aromatic rings. The first-order chi connectivity index (χ1) is 9.74. The van der Waals surface area contributed by atoms with E-state index in [9.17, 15) is 4.79 Å². The maximum Gasteiger partial charge on any atom is 0.234 e. The zero-order valence-electron chi connectivity index (χ0n) is 12.7. The molecule has 2 unspecified atom stereocenters. The second-order valence-electron chi connectivity index (χ2n) is 6.88. The zero-order valence-corrected chi connectivity index (χ0v) is 12.7. The third-order valence-corrected chi connectivity index (χ3v) is 5.44. The molecule has 1 saturated carbocycles. The Hall–Kier alpha value is -0.610. The van der Waals surface area contributed by atoms with Crippen molar-refractivity contribution in [3.63, 3.8) is 0 Å². The molecule has 2 saturated heterocycles. The Kier molecular flexibility index (Phi) is 4.61. The molecule has 114 valence electrons. The lowest BCUT2D eigenvalue weighted by Crippen LogP contribution is -2.51. The lowest BCUT2D eigenvalue weighted by Gasteiger charge is -2.37. The largest absolute Gasteiger partial charge is 0.352 e. The third kappa shape index (κ3) is 3.34. The highest BCUT2D eigenvalue weighted by atomic mass is 16.2. The van der Waals surface area contributed by atoms with Gasteiger partial charge in [-0.15, -0.1) is 0 Å². The van der Waals surface area contributed by atoms with Crippen molar-refractivity contribution in [1.29, 1.82) is 0 Å². The minimum absolute atomic E-state index is 0.240. The Balaban J connectivity index is 1.49. The quantitative estimate of drug-likeness (QED) is 0.804. The van der Waals surface area contributed by atoms with Crippen molar-refractivity contribution < 1.29 is 4.79 Å². The maximum atomic E-state index is 12.2. The predicted molar refractivity (Wildman–Crippen MR) is 80.6 cm³/mol. The average molecular weight is 279 g/mol. The van der Waals surface area contributed by atoms with Crippen LogP contribution in [0, 0.1) is 0 Å². The maximum absolute atomic E-state index is 12.2. The molecular formula is C16H29N3O. The van der Waals surface area contributed by atoms with Crippen LogP contribution in [0.5, 0.6) is 0 Å². The van der Waals surface area contributed by atoms with Gasteiger partial charge in [0, 0.05) is 24.2 Å². The van der Waals surface area contributed by atoms with Gasteiger partial charge in [0.2, 0.25) is 5.91 Å². The fourth-order valence-corrected chi connectivity index (χ4v) is 4.35. The molecule has 0 radical (unpaired) electrons. The van der Waals surface area contributed by atoms with Gasteiger partial charge in [-0.1, -0.05) is 19.8 Å². The summed E-state index contributed by atoms with van der Waals surface area (Å²) in [5, 5.41) is 6.91. The number of nitrogens with one attached hydrogen (secondary N) is 2. The van der Waals surface area contributed by atoms with Gasteiger partial charge < -0.3 is 10.6 Å². The van der Waals surface area contributed by atoms with Crippen molar-refractivity contribution in [2.45, 2.75) is 82.5 Å². The number of carbonyl (C=O) groups excluding carboxylic acids is 1. The Morgan fingerprint density at radius 1 is 1.15 bits per heavy atom. The molecular weight excluding hydrogens is 250 g/mol. The number of rotatable bonds is 5. The highest BCUT2D eigenvalue weighted by molar-refractivity contribution is 5.78. The molecule has 4 nitrogen and oxygen atoms in total. The summed E-state index contributed by atoms with van der Waals surface area (Å²) in [5.41, 5.74) is 0. The van der Waals surface area contributed by atoms with Gasteiger partial charge in [0.25, 0.3) is 0 Å². The molecule has 0 spiro atoms. The van der Waals surface area contributed by atoms with Crippen LogP contribution in [0.15, 0.2) is 0 Å². The van der Waals surface area contributed by atoms with Crippen LogP contribution < -0.4 is 10.6 Å². The van der Waals surface area contributed by atoms with Crippen LogP contribution in [0.2, 0.25) is 0 Å². The number of hydrogen-bond donors (Lipinski definition) is 2. The van der Waals surface area contributed by atoms with Gasteiger partial charge in [0.1, 0.15) is 0 Å². The lowest BCUT2D eigenvalue weighted by molar-refractivity contribution is -0.123. The molecule has 2 aliphatic heterocycles. The lowest BCUT2D eigenvalue weighted by atomic mass is 9.98. The van der Waals surface area contributed by atoms with Gasteiger partial charge in [-0.25, -0.2) is 0 Å². The Morgan fingerprint density at radius 3 is 2.40 bits per heavy atom. The number of carbonyl (C=O) groups is 1. The minimum Gasteiger partial charge on any atom is -0.352 e. The number of piperidine rings is 1. The van der Waals surface area contributed by atoms with Gasteiger partial charge in [-0.05, 0) is 45.1 Å². The van der Waals surface area contributed by atoms with Gasteiger partial charge in [-0.3, -0.25) is 9.69 Å². The highest BCUT2D eigenvalue weighted by Crippen LogP contribution is 2.29. The monoisotopic (exact) mass is 279 g/mol. The average Bonchev–Trinajstić information content (AvgIpc) is 3.06. The molecule has 2 atom stereocenters. The van der Waals surface area contributed by atoms with E-state index in [0.29, 0.717) is 30.7 Å². The standard InChI is InChI=1S/C16H29N3O/c1-2-19(11-16(20)18-12-5-3-4-6-12)15-9-13-7-8-14(10-15)17-13/h12-15,17H,2-11H2,1H3,(H,18,20). The molecule has 1 aliphatic carbocycles. The van der Waals surface area contributed by atoms with Crippen molar-refractivity contribution in [3.8, 4) is 0 Å². The zero-order chi connectivity index (χ0) is 13.9. The van der Waals surface area contributed by atoms with Crippen molar-refractivity contribution in [2.24, 2.45) is 0 Å². The second kappa shape index (κ2) is 6.44. The number of amides is 1. The SMILES string of the molecule is CCN(CC(=O)NC1CCCC1)C1CC2CCC(C1)N2. The van der Waals surface area contributed by atoms with Crippen LogP contribution in [-0.2, 0) is 4.79 Å². The van der Waals surface area contributed by atoms with E-state index in [1.165, 1.54) is 51.4 Å². The van der Waals surface area contributed by atoms with E-state index in [0.717, 1.165) is 6.54 Å². The first-order valence-electron chi connectivity index (χ1n) is 8.54. The third-order valence-electron chi connectivity index (χ3n) is 5.44. The van der Waals surface area contributed by atoms with Crippen molar-refractivity contribution in [3.05, 3.63) is 0 Å². The highest BCUT2D eigenvalue weighted by Gasteiger charge is 2.36. The molecule has 0 aromatic carbocycles. The summed E-state index contributed by atoms with van der Waals surface area (Å²) in [4.78, 5) is 14.6. The van der Waals surface area contributed by atoms with Crippen LogP contribution in [0.4, 0.5) is 0 Å². The van der Waals surface area contributed by atoms with Crippen molar-refractivity contribution in [2.75, 3.05) is 13.1 Å². The van der Waals surface area contributed by atoms with Gasteiger partial charge >= 0.3 is 0 Å². The number of fused-ring (bicyclic) bond motifs is 2. The summed E-state index contributed by atoms with van der Waals surface area (Å²) in [6.45, 7) is 3.77. The molecule has 0 aromatic heterocycles. The van der Waals surface area contributed by atoms with Gasteiger partial charge in [0.15, 0.2) is 0 Å². The molecule has 2 bridgehead atoms. The molecule has 2 N–H and O–H groups in total. The Bertz CT molecular complexity index is 329. The van der Waals surface area contributed by atoms with Crippen LogP contribution >= 0.6 is 0 Å². The number of likely N-dealkylation sites (N-methyl/N-ethyl adjacent to an activating group) is 1. The van der Waals surface area contributed by atoms with E-state index in [1.54, 1.807) is 0 Å². The molecule has 2 heterocycles. The molecule has 3 aliphatic rings. The molecule has 3 rings (SSSR count). The fraction of sp³-hybridized carbons (Fsp3) is 0.938. The summed E-state index contributed by atoms with van der Waals surface area (Å²) in [6, 6.07) is 2.45. The van der Waals surface area contributed by atoms with E-state index >= 15 is 0 Å². The van der Waals surface area contributed by atoms with Crippen LogP contribution in [0.25, 0.3) is 0 Å². The molecule has 1 amide bonds. The first kappa shape index (κ1) is 14.3. The second-order valence-corrected chi connectivity index (χ2v) is 6.88. The van der Waals surface area contributed by atoms with Crippen LogP contribution in [-0.4, -0.2) is 48.1 Å². The van der Waals surface area contributed by atoms with E-state index in [1.807, 2.05) is 0 Å². The topological polar surface area (TPSA) is 44.4 Å². The van der Waals surface area contributed by atoms with Crippen molar-refractivity contribution in [1.82, 2.24) is 15.5 Å². The number of nitrogens with zero attached hydrogens (tertiary/aromatic N) is 1. The summed E-state index contributed by atoms with van der Waals surface area (Å²) >= 11 is 0. The van der Waals surface area contributed by atoms with Gasteiger partial charge in [-0.2, -0.15) is 0 Å². The molecule has 4 heteroatoms. The first-order valence-corrected chi connectivity index (χ1v) is 8.54. The van der Waals surface area contributed by atoms with Gasteiger partial charge in [0.05, 0.1) is 6.54 Å². The van der Waals surface area contributed by atoms with Crippen LogP contribution in [0.3, 0.4) is 0 Å². The van der Waals surface area contributed by atoms with E-state index in [4.69, 9.17) is 0 Å². The summed E-state index contributed by atoms with van der Waals surface area (Å²) in [6.07, 6.45) is 10.0. The molecule has 20 heavy (non-hydrogen) atoms. The van der Waals surface area contributed by atoms with E-state index in [2.05, 4.69) is 22.5 Å². The fourth-order valence-electron chi connectivity index (χ4n) is 4.35. The minimum atomic E-state index is 0.240. The number of hydrogen-bond acceptors (Lipinski definition) is 3. The van der Waals surface area contributed by atoms with E-state index in [-0.39, 0.29) is 5.91 Å². The van der Waals surface area contributed by atoms with Crippen molar-refractivity contribution >= 4 is 5.91 Å². The summed E-state index contributed by atoms with van der Waals surface area (Å²) in [5.74, 6) is 0.240. The van der Waals surface area contributed by atoms with Crippen LogP contribution in [0.1, 0.15) is 58.3 Å². The predicted octanol–water partition coefficient (Wildman–Crippen LogP) is 1.65. The summed E-state index contributed by atoms with van der Waals surface area (Å²) in [7, 11) is 0. The smallest absolute Gasteiger partial charge is 0.234 e. The Labute approximate surface area is 122 Å².